The van der Waals surface area contributed by atoms with Crippen molar-refractivity contribution < 1.29 is 9.53 Å². The predicted molar refractivity (Wildman–Crippen MR) is 88.8 cm³/mol. The maximum Gasteiger partial charge on any atom is 0.223 e. The van der Waals surface area contributed by atoms with Crippen LogP contribution in [-0.2, 0) is 9.53 Å². The van der Waals surface area contributed by atoms with Crippen molar-refractivity contribution in [1.82, 2.24) is 15.3 Å². The molecule has 1 aliphatic rings. The molecule has 1 aliphatic heterocycles. The molecule has 2 unspecified atom stereocenters. The van der Waals surface area contributed by atoms with Crippen LogP contribution >= 0.6 is 0 Å². The van der Waals surface area contributed by atoms with Gasteiger partial charge in [-0.15, -0.1) is 0 Å². The molecule has 2 aromatic rings. The molecule has 3 rings (SSSR count). The number of nitrogens with one attached hydrogen (secondary N) is 2. The molecule has 1 fully saturated rings. The normalized spacial score (nSPS) is 18.7. The number of nitrogens with zero attached hydrogens (tertiary/aromatic N) is 1. The highest BCUT2D eigenvalue weighted by Gasteiger charge is 2.22. The summed E-state index contributed by atoms with van der Waals surface area (Å²) in [5.41, 5.74) is 2.05. The van der Waals surface area contributed by atoms with Gasteiger partial charge in [0.1, 0.15) is 5.82 Å². The molecule has 5 heteroatoms. The first-order valence-electron chi connectivity index (χ1n) is 8.27. The van der Waals surface area contributed by atoms with Gasteiger partial charge in [-0.25, -0.2) is 4.98 Å². The van der Waals surface area contributed by atoms with E-state index in [9.17, 15) is 4.79 Å². The molecule has 1 aromatic carbocycles. The zero-order valence-corrected chi connectivity index (χ0v) is 13.4. The van der Waals surface area contributed by atoms with Gasteiger partial charge >= 0.3 is 0 Å². The summed E-state index contributed by atoms with van der Waals surface area (Å²) in [6.07, 6.45) is 5.14. The zero-order chi connectivity index (χ0) is 16.1. The fraction of sp³-hybridized carbons (Fsp3) is 0.444. The lowest BCUT2D eigenvalue weighted by atomic mass is 10.1. The number of H-pyrrole nitrogens is 1. The monoisotopic (exact) mass is 313 g/mol. The molecule has 5 nitrogen and oxygen atoms in total. The molecule has 0 bridgehead atoms. The lowest BCUT2D eigenvalue weighted by Crippen LogP contribution is -2.31. The number of rotatable bonds is 6. The summed E-state index contributed by atoms with van der Waals surface area (Å²) in [7, 11) is 0. The Morgan fingerprint density at radius 1 is 1.43 bits per heavy atom. The summed E-state index contributed by atoms with van der Waals surface area (Å²) in [6.45, 7) is 2.81. The fourth-order valence-corrected chi connectivity index (χ4v) is 2.91. The van der Waals surface area contributed by atoms with Gasteiger partial charge in [0, 0.05) is 6.61 Å². The quantitative estimate of drug-likeness (QED) is 0.860. The summed E-state index contributed by atoms with van der Waals surface area (Å²) >= 11 is 0. The van der Waals surface area contributed by atoms with E-state index < -0.39 is 0 Å². The van der Waals surface area contributed by atoms with Crippen LogP contribution < -0.4 is 5.32 Å². The highest BCUT2D eigenvalue weighted by molar-refractivity contribution is 5.77. The second-order valence-electron chi connectivity index (χ2n) is 5.92. The standard InChI is InChI=1S/C18H23N3O2/c1-2-15(20-17(22)11-14-9-6-10-23-14)18-19-12-16(21-18)13-7-4-3-5-8-13/h3-5,7-8,12,14-15H,2,6,9-11H2,1H3,(H,19,21)(H,20,22). The Morgan fingerprint density at radius 3 is 2.96 bits per heavy atom. The van der Waals surface area contributed by atoms with Gasteiger partial charge < -0.3 is 15.0 Å². The minimum atomic E-state index is -0.0960. The average molecular weight is 313 g/mol. The number of hydrogen-bond donors (Lipinski definition) is 2. The Hall–Kier alpha value is -2.14. The third-order valence-electron chi connectivity index (χ3n) is 4.19. The Balaban J connectivity index is 1.64. The van der Waals surface area contributed by atoms with Crippen LogP contribution in [0.15, 0.2) is 36.5 Å². The Labute approximate surface area is 136 Å². The second-order valence-corrected chi connectivity index (χ2v) is 5.92. The summed E-state index contributed by atoms with van der Waals surface area (Å²) < 4.78 is 5.52. The first kappa shape index (κ1) is 15.7. The Bertz CT molecular complexity index is 633. The van der Waals surface area contributed by atoms with Crippen molar-refractivity contribution in [1.29, 1.82) is 0 Å². The molecule has 0 spiro atoms. The van der Waals surface area contributed by atoms with E-state index in [0.717, 1.165) is 43.0 Å². The van der Waals surface area contributed by atoms with Crippen molar-refractivity contribution in [3.05, 3.63) is 42.4 Å². The van der Waals surface area contributed by atoms with Gasteiger partial charge in [0.05, 0.1) is 30.5 Å². The topological polar surface area (TPSA) is 67.0 Å². The van der Waals surface area contributed by atoms with Crippen LogP contribution in [0.5, 0.6) is 0 Å². The molecular formula is C18H23N3O2. The summed E-state index contributed by atoms with van der Waals surface area (Å²) in [5, 5.41) is 3.06. The first-order chi connectivity index (χ1) is 11.3. The number of benzene rings is 1. The number of ether oxygens (including phenoxy) is 1. The minimum Gasteiger partial charge on any atom is -0.378 e. The smallest absolute Gasteiger partial charge is 0.223 e. The Kier molecular flexibility index (Phi) is 5.08. The number of imidazole rings is 1. The van der Waals surface area contributed by atoms with Crippen molar-refractivity contribution in [2.45, 2.75) is 44.8 Å². The van der Waals surface area contributed by atoms with Crippen molar-refractivity contribution in [2.24, 2.45) is 0 Å². The molecular weight excluding hydrogens is 290 g/mol. The number of amides is 1. The number of aromatic amines is 1. The van der Waals surface area contributed by atoms with Gasteiger partial charge in [-0.1, -0.05) is 37.3 Å². The number of aromatic nitrogens is 2. The van der Waals surface area contributed by atoms with E-state index in [-0.39, 0.29) is 18.1 Å². The van der Waals surface area contributed by atoms with Gasteiger partial charge in [-0.05, 0) is 24.8 Å². The van der Waals surface area contributed by atoms with Crippen molar-refractivity contribution in [3.63, 3.8) is 0 Å². The van der Waals surface area contributed by atoms with Gasteiger partial charge in [0.2, 0.25) is 5.91 Å². The molecule has 122 valence electrons. The Morgan fingerprint density at radius 2 is 2.26 bits per heavy atom. The molecule has 1 amide bonds. The molecule has 0 aliphatic carbocycles. The maximum atomic E-state index is 12.2. The number of hydrogen-bond acceptors (Lipinski definition) is 3. The SMILES string of the molecule is CCC(NC(=O)CC1CCCO1)c1ncc(-c2ccccc2)[nH]1. The van der Waals surface area contributed by atoms with Gasteiger partial charge in [0.15, 0.2) is 0 Å². The van der Waals surface area contributed by atoms with Crippen LogP contribution in [0.3, 0.4) is 0 Å². The average Bonchev–Trinajstić information content (AvgIpc) is 3.25. The maximum absolute atomic E-state index is 12.2. The molecule has 2 atom stereocenters. The fourth-order valence-electron chi connectivity index (χ4n) is 2.91. The molecule has 0 saturated carbocycles. The second kappa shape index (κ2) is 7.42. The third kappa shape index (κ3) is 3.99. The van der Waals surface area contributed by atoms with Crippen molar-refractivity contribution in [2.75, 3.05) is 6.61 Å². The number of carbonyl (C=O) groups excluding carboxylic acids is 1. The van der Waals surface area contributed by atoms with Gasteiger partial charge in [0.25, 0.3) is 0 Å². The van der Waals surface area contributed by atoms with Gasteiger partial charge in [-0.3, -0.25) is 4.79 Å². The first-order valence-corrected chi connectivity index (χ1v) is 8.27. The van der Waals surface area contributed by atoms with E-state index in [1.165, 1.54) is 0 Å². The lowest BCUT2D eigenvalue weighted by molar-refractivity contribution is -0.124. The lowest BCUT2D eigenvalue weighted by Gasteiger charge is -2.16. The van der Waals surface area contributed by atoms with Crippen LogP contribution in [0, 0.1) is 0 Å². The van der Waals surface area contributed by atoms with Crippen molar-refractivity contribution >= 4 is 5.91 Å². The van der Waals surface area contributed by atoms with Gasteiger partial charge in [-0.2, -0.15) is 0 Å². The molecule has 2 N–H and O–H groups in total. The molecule has 0 radical (unpaired) electrons. The van der Waals surface area contributed by atoms with E-state index in [1.807, 2.05) is 43.5 Å². The summed E-state index contributed by atoms with van der Waals surface area (Å²) in [6, 6.07) is 9.96. The van der Waals surface area contributed by atoms with Crippen molar-refractivity contribution in [3.8, 4) is 11.3 Å². The van der Waals surface area contributed by atoms with E-state index in [2.05, 4.69) is 15.3 Å². The molecule has 1 aromatic heterocycles. The summed E-state index contributed by atoms with van der Waals surface area (Å²) in [5.74, 6) is 0.827. The van der Waals surface area contributed by atoms with Crippen LogP contribution in [0.1, 0.15) is 44.5 Å². The minimum absolute atomic E-state index is 0.0291. The molecule has 1 saturated heterocycles. The van der Waals surface area contributed by atoms with E-state index in [0.29, 0.717) is 6.42 Å². The van der Waals surface area contributed by atoms with E-state index in [1.54, 1.807) is 0 Å². The summed E-state index contributed by atoms with van der Waals surface area (Å²) in [4.78, 5) is 20.0. The molecule has 23 heavy (non-hydrogen) atoms. The predicted octanol–water partition coefficient (Wildman–Crippen LogP) is 3.21. The molecule has 2 heterocycles. The van der Waals surface area contributed by atoms with Crippen LogP contribution in [0.25, 0.3) is 11.3 Å². The van der Waals surface area contributed by atoms with E-state index in [4.69, 9.17) is 4.74 Å². The van der Waals surface area contributed by atoms with Crippen LogP contribution in [0.2, 0.25) is 0 Å². The third-order valence-corrected chi connectivity index (χ3v) is 4.19. The van der Waals surface area contributed by atoms with Crippen LogP contribution in [0.4, 0.5) is 0 Å². The van der Waals surface area contributed by atoms with E-state index >= 15 is 0 Å². The number of carbonyl (C=O) groups is 1. The van der Waals surface area contributed by atoms with Crippen LogP contribution in [-0.4, -0.2) is 28.6 Å². The highest BCUT2D eigenvalue weighted by Crippen LogP contribution is 2.21. The highest BCUT2D eigenvalue weighted by atomic mass is 16.5. The zero-order valence-electron chi connectivity index (χ0n) is 13.4. The largest absolute Gasteiger partial charge is 0.378 e.